The van der Waals surface area contributed by atoms with Crippen LogP contribution < -0.4 is 0 Å². The van der Waals surface area contributed by atoms with E-state index in [2.05, 4.69) is 0 Å². The first-order chi connectivity index (χ1) is 11.3. The molecule has 3 fully saturated rings. The van der Waals surface area contributed by atoms with E-state index in [1.165, 1.54) is 6.92 Å². The number of hydrogen-bond acceptors (Lipinski definition) is 7. The van der Waals surface area contributed by atoms with E-state index in [0.29, 0.717) is 18.6 Å². The molecule has 24 heavy (non-hydrogen) atoms. The number of carbonyl (C=O) groups is 3. The monoisotopic (exact) mass is 336 g/mol. The van der Waals surface area contributed by atoms with Gasteiger partial charge in [0.1, 0.15) is 30.7 Å². The van der Waals surface area contributed by atoms with Crippen molar-refractivity contribution < 1.29 is 33.3 Å². The molecule has 0 aromatic carbocycles. The lowest BCUT2D eigenvalue weighted by molar-refractivity contribution is -0.207. The fourth-order valence-electron chi connectivity index (χ4n) is 4.80. The van der Waals surface area contributed by atoms with Gasteiger partial charge in [-0.3, -0.25) is 4.79 Å². The second kappa shape index (κ2) is 4.67. The number of carbonyl (C=O) groups excluding carboxylic acids is 3. The molecule has 0 amide bonds. The lowest BCUT2D eigenvalue weighted by Crippen LogP contribution is -2.64. The molecule has 4 aliphatic rings. The zero-order valence-electron chi connectivity index (χ0n) is 13.9. The molecule has 3 heterocycles. The molecule has 0 aromatic heterocycles. The first kappa shape index (κ1) is 15.8. The van der Waals surface area contributed by atoms with Crippen molar-refractivity contribution in [1.82, 2.24) is 0 Å². The van der Waals surface area contributed by atoms with Gasteiger partial charge in [-0.15, -0.1) is 0 Å². The van der Waals surface area contributed by atoms with Gasteiger partial charge in [0.15, 0.2) is 0 Å². The van der Waals surface area contributed by atoms with Gasteiger partial charge in [-0.1, -0.05) is 6.92 Å². The highest BCUT2D eigenvalue weighted by molar-refractivity contribution is 5.89. The van der Waals surface area contributed by atoms with Crippen LogP contribution in [0.25, 0.3) is 0 Å². The number of epoxide rings is 1. The Hall–Kier alpha value is -1.73. The molecule has 0 N–H and O–H groups in total. The SMILES string of the molecule is CC(=O)OC1CC2(C)C3(C=O)COC(=O)C(C)=CC3OC1C21CO1. The summed E-state index contributed by atoms with van der Waals surface area (Å²) < 4.78 is 22.8. The molecule has 7 nitrogen and oxygen atoms in total. The normalized spacial score (nSPS) is 48.9. The fourth-order valence-corrected chi connectivity index (χ4v) is 4.80. The van der Waals surface area contributed by atoms with Gasteiger partial charge in [-0.2, -0.15) is 0 Å². The van der Waals surface area contributed by atoms with Crippen molar-refractivity contribution >= 4 is 18.2 Å². The van der Waals surface area contributed by atoms with E-state index in [9.17, 15) is 14.4 Å². The Bertz CT molecular complexity index is 664. The molecular formula is C17H20O7. The maximum absolute atomic E-state index is 12.3. The van der Waals surface area contributed by atoms with Crippen molar-refractivity contribution in [2.45, 2.75) is 51.1 Å². The number of fused-ring (bicyclic) bond motifs is 2. The van der Waals surface area contributed by atoms with Crippen LogP contribution >= 0.6 is 0 Å². The number of hydrogen-bond donors (Lipinski definition) is 0. The Kier molecular flexibility index (Phi) is 3.07. The summed E-state index contributed by atoms with van der Waals surface area (Å²) in [5, 5.41) is 0. The fraction of sp³-hybridized carbons (Fsp3) is 0.706. The molecule has 6 atom stereocenters. The van der Waals surface area contributed by atoms with Crippen LogP contribution in [0.1, 0.15) is 27.2 Å². The van der Waals surface area contributed by atoms with Crippen molar-refractivity contribution in [3.05, 3.63) is 11.6 Å². The van der Waals surface area contributed by atoms with E-state index in [0.717, 1.165) is 6.29 Å². The number of cyclic esters (lactones) is 1. The van der Waals surface area contributed by atoms with Gasteiger partial charge < -0.3 is 23.7 Å². The highest BCUT2D eigenvalue weighted by Crippen LogP contribution is 2.69. The van der Waals surface area contributed by atoms with Gasteiger partial charge in [0.25, 0.3) is 0 Å². The number of rotatable bonds is 2. The molecule has 4 rings (SSSR count). The van der Waals surface area contributed by atoms with Crippen LogP contribution in [0.3, 0.4) is 0 Å². The Balaban J connectivity index is 1.84. The lowest BCUT2D eigenvalue weighted by Gasteiger charge is -2.51. The molecule has 1 aliphatic carbocycles. The lowest BCUT2D eigenvalue weighted by atomic mass is 9.56. The van der Waals surface area contributed by atoms with Crippen molar-refractivity contribution in [3.8, 4) is 0 Å². The van der Waals surface area contributed by atoms with Crippen molar-refractivity contribution in [3.63, 3.8) is 0 Å². The largest absolute Gasteiger partial charge is 0.461 e. The summed E-state index contributed by atoms with van der Waals surface area (Å²) >= 11 is 0. The van der Waals surface area contributed by atoms with E-state index >= 15 is 0 Å². The summed E-state index contributed by atoms with van der Waals surface area (Å²) in [6.45, 7) is 5.30. The second-order valence-electron chi connectivity index (χ2n) is 7.42. The smallest absolute Gasteiger partial charge is 0.333 e. The van der Waals surface area contributed by atoms with E-state index in [-0.39, 0.29) is 6.61 Å². The molecule has 2 bridgehead atoms. The van der Waals surface area contributed by atoms with Crippen LogP contribution in [0, 0.1) is 10.8 Å². The van der Waals surface area contributed by atoms with E-state index in [1.54, 1.807) is 13.0 Å². The molecule has 7 heteroatoms. The Morgan fingerprint density at radius 2 is 2.12 bits per heavy atom. The summed E-state index contributed by atoms with van der Waals surface area (Å²) in [7, 11) is 0. The zero-order chi connectivity index (χ0) is 17.3. The number of aldehydes is 1. The summed E-state index contributed by atoms with van der Waals surface area (Å²) in [5.41, 5.74) is -1.99. The third-order valence-electron chi connectivity index (χ3n) is 6.32. The first-order valence-corrected chi connectivity index (χ1v) is 8.08. The first-order valence-electron chi connectivity index (χ1n) is 8.08. The summed E-state index contributed by atoms with van der Waals surface area (Å²) in [5.74, 6) is -0.843. The van der Waals surface area contributed by atoms with Gasteiger partial charge in [0.2, 0.25) is 0 Å². The molecule has 0 radical (unpaired) electrons. The standard InChI is InChI=1S/C17H20O7/c1-9-4-12-16(6-18,7-21-14(9)20)15(3)5-11(23-10(2)19)13(24-12)17(15)8-22-17/h4,6,11-13H,5,7-8H2,1-3H3. The highest BCUT2D eigenvalue weighted by Gasteiger charge is 2.82. The van der Waals surface area contributed by atoms with E-state index in [1.807, 2.05) is 6.92 Å². The Morgan fingerprint density at radius 1 is 1.42 bits per heavy atom. The molecule has 6 unspecified atom stereocenters. The maximum Gasteiger partial charge on any atom is 0.333 e. The quantitative estimate of drug-likeness (QED) is 0.413. The highest BCUT2D eigenvalue weighted by atomic mass is 16.7. The predicted molar refractivity (Wildman–Crippen MR) is 78.8 cm³/mol. The van der Waals surface area contributed by atoms with Crippen LogP contribution in [0.5, 0.6) is 0 Å². The second-order valence-corrected chi connectivity index (χ2v) is 7.42. The van der Waals surface area contributed by atoms with Crippen molar-refractivity contribution in [2.75, 3.05) is 13.2 Å². The van der Waals surface area contributed by atoms with E-state index in [4.69, 9.17) is 18.9 Å². The number of ether oxygens (including phenoxy) is 4. The van der Waals surface area contributed by atoms with Crippen LogP contribution in [-0.2, 0) is 33.3 Å². The molecular weight excluding hydrogens is 316 g/mol. The Labute approximate surface area is 139 Å². The average Bonchev–Trinajstić information content (AvgIpc) is 3.29. The average molecular weight is 336 g/mol. The Morgan fingerprint density at radius 3 is 2.71 bits per heavy atom. The van der Waals surface area contributed by atoms with Gasteiger partial charge >= 0.3 is 11.9 Å². The van der Waals surface area contributed by atoms with Crippen LogP contribution in [0.15, 0.2) is 11.6 Å². The topological polar surface area (TPSA) is 91.4 Å². The number of esters is 2. The summed E-state index contributed by atoms with van der Waals surface area (Å²) in [6.07, 6.45) is 1.35. The molecule has 1 spiro atoms. The third-order valence-corrected chi connectivity index (χ3v) is 6.32. The van der Waals surface area contributed by atoms with Gasteiger partial charge in [-0.25, -0.2) is 4.79 Å². The summed E-state index contributed by atoms with van der Waals surface area (Å²) in [6, 6.07) is 0. The molecule has 3 aliphatic heterocycles. The van der Waals surface area contributed by atoms with Gasteiger partial charge in [0.05, 0.1) is 18.1 Å². The van der Waals surface area contributed by atoms with Crippen LogP contribution in [0.4, 0.5) is 0 Å². The molecule has 1 saturated carbocycles. The molecule has 0 aromatic rings. The minimum Gasteiger partial charge on any atom is -0.461 e. The van der Waals surface area contributed by atoms with E-state index < -0.39 is 46.7 Å². The minimum absolute atomic E-state index is 0.0744. The predicted octanol–water partition coefficient (Wildman–Crippen LogP) is 0.553. The van der Waals surface area contributed by atoms with Gasteiger partial charge in [0, 0.05) is 17.9 Å². The summed E-state index contributed by atoms with van der Waals surface area (Å²) in [4.78, 5) is 35.7. The molecule has 130 valence electrons. The van der Waals surface area contributed by atoms with Crippen molar-refractivity contribution in [2.24, 2.45) is 10.8 Å². The van der Waals surface area contributed by atoms with Crippen LogP contribution in [-0.4, -0.2) is 55.4 Å². The van der Waals surface area contributed by atoms with Crippen LogP contribution in [0.2, 0.25) is 0 Å². The zero-order valence-corrected chi connectivity index (χ0v) is 13.9. The third kappa shape index (κ3) is 1.66. The van der Waals surface area contributed by atoms with Crippen molar-refractivity contribution in [1.29, 1.82) is 0 Å². The minimum atomic E-state index is -1.07. The van der Waals surface area contributed by atoms with Gasteiger partial charge in [-0.05, 0) is 19.4 Å². The molecule has 2 saturated heterocycles. The maximum atomic E-state index is 12.3.